The lowest BCUT2D eigenvalue weighted by Crippen LogP contribution is -2.40. The van der Waals surface area contributed by atoms with Gasteiger partial charge in [-0.05, 0) is 25.7 Å². The van der Waals surface area contributed by atoms with Crippen LogP contribution in [0.1, 0.15) is 40.5 Å². The fourth-order valence-corrected chi connectivity index (χ4v) is 1.23. The van der Waals surface area contributed by atoms with E-state index in [1.54, 1.807) is 0 Å². The van der Waals surface area contributed by atoms with Crippen molar-refractivity contribution in [1.82, 2.24) is 5.32 Å². The minimum absolute atomic E-state index is 0.284. The van der Waals surface area contributed by atoms with Gasteiger partial charge in [0.1, 0.15) is 0 Å². The molecule has 0 spiro atoms. The average molecular weight is 173 g/mol. The van der Waals surface area contributed by atoms with Crippen LogP contribution in [0.25, 0.3) is 0 Å². The summed E-state index contributed by atoms with van der Waals surface area (Å²) in [7, 11) is 0. The smallest absolute Gasteiger partial charge is 0.0445 e. The van der Waals surface area contributed by atoms with Gasteiger partial charge in [-0.2, -0.15) is 0 Å². The van der Waals surface area contributed by atoms with Crippen LogP contribution in [0.2, 0.25) is 0 Å². The SMILES string of the molecule is CCC(C)NC(CCO)C(C)C. The summed E-state index contributed by atoms with van der Waals surface area (Å²) in [6.07, 6.45) is 2.01. The molecule has 0 amide bonds. The number of hydrogen-bond acceptors (Lipinski definition) is 2. The molecule has 2 nitrogen and oxygen atoms in total. The molecule has 2 heteroatoms. The summed E-state index contributed by atoms with van der Waals surface area (Å²) in [6.45, 7) is 9.03. The van der Waals surface area contributed by atoms with E-state index >= 15 is 0 Å². The van der Waals surface area contributed by atoms with Gasteiger partial charge in [-0.1, -0.05) is 20.8 Å². The average Bonchev–Trinajstić information content (AvgIpc) is 2.03. The van der Waals surface area contributed by atoms with Crippen LogP contribution in [-0.4, -0.2) is 23.8 Å². The molecule has 12 heavy (non-hydrogen) atoms. The molecule has 2 unspecified atom stereocenters. The number of aliphatic hydroxyl groups is 1. The van der Waals surface area contributed by atoms with Crippen LogP contribution >= 0.6 is 0 Å². The molecule has 2 atom stereocenters. The van der Waals surface area contributed by atoms with Gasteiger partial charge in [0.2, 0.25) is 0 Å². The summed E-state index contributed by atoms with van der Waals surface area (Å²) in [4.78, 5) is 0. The fraction of sp³-hybridized carbons (Fsp3) is 1.00. The van der Waals surface area contributed by atoms with Gasteiger partial charge in [0, 0.05) is 18.7 Å². The van der Waals surface area contributed by atoms with Crippen LogP contribution < -0.4 is 5.32 Å². The topological polar surface area (TPSA) is 32.3 Å². The van der Waals surface area contributed by atoms with E-state index in [4.69, 9.17) is 5.11 Å². The highest BCUT2D eigenvalue weighted by atomic mass is 16.3. The van der Waals surface area contributed by atoms with Crippen molar-refractivity contribution in [3.63, 3.8) is 0 Å². The maximum atomic E-state index is 8.83. The van der Waals surface area contributed by atoms with Crippen LogP contribution in [0.4, 0.5) is 0 Å². The first-order valence-electron chi connectivity index (χ1n) is 4.98. The molecule has 74 valence electrons. The summed E-state index contributed by atoms with van der Waals surface area (Å²) in [5.41, 5.74) is 0. The lowest BCUT2D eigenvalue weighted by atomic mass is 10.00. The second-order valence-electron chi connectivity index (χ2n) is 3.84. The van der Waals surface area contributed by atoms with E-state index in [1.807, 2.05) is 0 Å². The summed E-state index contributed by atoms with van der Waals surface area (Å²) in [6, 6.07) is 1.02. The number of rotatable bonds is 6. The van der Waals surface area contributed by atoms with E-state index in [9.17, 15) is 0 Å². The van der Waals surface area contributed by atoms with Gasteiger partial charge in [-0.15, -0.1) is 0 Å². The van der Waals surface area contributed by atoms with Gasteiger partial charge >= 0.3 is 0 Å². The van der Waals surface area contributed by atoms with Crippen molar-refractivity contribution in [1.29, 1.82) is 0 Å². The Hall–Kier alpha value is -0.0800. The van der Waals surface area contributed by atoms with Gasteiger partial charge in [0.15, 0.2) is 0 Å². The molecule has 0 radical (unpaired) electrons. The minimum Gasteiger partial charge on any atom is -0.396 e. The molecule has 0 aromatic carbocycles. The summed E-state index contributed by atoms with van der Waals surface area (Å²) in [5.74, 6) is 0.603. The Balaban J connectivity index is 3.77. The highest BCUT2D eigenvalue weighted by molar-refractivity contribution is 4.73. The zero-order valence-electron chi connectivity index (χ0n) is 8.80. The van der Waals surface area contributed by atoms with Crippen molar-refractivity contribution >= 4 is 0 Å². The molecule has 0 aromatic heterocycles. The summed E-state index contributed by atoms with van der Waals surface area (Å²) >= 11 is 0. The number of aliphatic hydroxyl groups excluding tert-OH is 1. The molecule has 0 saturated carbocycles. The Kier molecular flexibility index (Phi) is 6.39. The Morgan fingerprint density at radius 2 is 1.83 bits per heavy atom. The molecule has 0 rings (SSSR count). The predicted octanol–water partition coefficient (Wildman–Crippen LogP) is 1.78. The van der Waals surface area contributed by atoms with Crippen molar-refractivity contribution < 1.29 is 5.11 Å². The zero-order chi connectivity index (χ0) is 9.56. The Bertz CT molecular complexity index is 104. The normalized spacial score (nSPS) is 16.5. The van der Waals surface area contributed by atoms with Crippen molar-refractivity contribution in [3.8, 4) is 0 Å². The van der Waals surface area contributed by atoms with Gasteiger partial charge in [-0.3, -0.25) is 0 Å². The molecule has 0 aliphatic carbocycles. The summed E-state index contributed by atoms with van der Waals surface area (Å²) in [5, 5.41) is 12.3. The van der Waals surface area contributed by atoms with Gasteiger partial charge < -0.3 is 10.4 Å². The third-order valence-electron chi connectivity index (χ3n) is 2.36. The largest absolute Gasteiger partial charge is 0.396 e. The molecular weight excluding hydrogens is 150 g/mol. The molecule has 0 fully saturated rings. The first-order chi connectivity index (χ1) is 5.61. The van der Waals surface area contributed by atoms with E-state index in [0.717, 1.165) is 12.8 Å². The van der Waals surface area contributed by atoms with E-state index in [0.29, 0.717) is 18.0 Å². The Morgan fingerprint density at radius 1 is 1.25 bits per heavy atom. The van der Waals surface area contributed by atoms with Gasteiger partial charge in [0.05, 0.1) is 0 Å². The lowest BCUT2D eigenvalue weighted by molar-refractivity contribution is 0.236. The maximum Gasteiger partial charge on any atom is 0.0445 e. The van der Waals surface area contributed by atoms with Crippen molar-refractivity contribution in [2.75, 3.05) is 6.61 Å². The maximum absolute atomic E-state index is 8.83. The Labute approximate surface area is 76.4 Å². The Morgan fingerprint density at radius 3 is 2.17 bits per heavy atom. The quantitative estimate of drug-likeness (QED) is 0.641. The first-order valence-corrected chi connectivity index (χ1v) is 4.98. The van der Waals surface area contributed by atoms with Crippen molar-refractivity contribution in [2.45, 2.75) is 52.6 Å². The molecule has 0 aliphatic heterocycles. The molecule has 0 aliphatic rings. The molecular formula is C10H23NO. The van der Waals surface area contributed by atoms with Crippen LogP contribution in [0.3, 0.4) is 0 Å². The van der Waals surface area contributed by atoms with Gasteiger partial charge in [0.25, 0.3) is 0 Å². The van der Waals surface area contributed by atoms with Crippen LogP contribution in [-0.2, 0) is 0 Å². The predicted molar refractivity (Wildman–Crippen MR) is 53.2 cm³/mol. The lowest BCUT2D eigenvalue weighted by Gasteiger charge is -2.25. The second kappa shape index (κ2) is 6.44. The minimum atomic E-state index is 0.284. The summed E-state index contributed by atoms with van der Waals surface area (Å²) < 4.78 is 0. The molecule has 0 aromatic rings. The third kappa shape index (κ3) is 4.73. The molecule has 0 bridgehead atoms. The van der Waals surface area contributed by atoms with Crippen molar-refractivity contribution in [3.05, 3.63) is 0 Å². The zero-order valence-corrected chi connectivity index (χ0v) is 8.80. The number of nitrogens with one attached hydrogen (secondary N) is 1. The molecule has 2 N–H and O–H groups in total. The van der Waals surface area contributed by atoms with Crippen LogP contribution in [0.15, 0.2) is 0 Å². The number of hydrogen-bond donors (Lipinski definition) is 2. The fourth-order valence-electron chi connectivity index (χ4n) is 1.23. The van der Waals surface area contributed by atoms with Crippen molar-refractivity contribution in [2.24, 2.45) is 5.92 Å². The molecule has 0 heterocycles. The highest BCUT2D eigenvalue weighted by Crippen LogP contribution is 2.07. The van der Waals surface area contributed by atoms with E-state index in [-0.39, 0.29) is 6.61 Å². The molecule has 0 saturated heterocycles. The second-order valence-corrected chi connectivity index (χ2v) is 3.84. The third-order valence-corrected chi connectivity index (χ3v) is 2.36. The first kappa shape index (κ1) is 11.9. The van der Waals surface area contributed by atoms with E-state index in [2.05, 4.69) is 33.0 Å². The standard InChI is InChI=1S/C10H23NO/c1-5-9(4)11-10(6-7-12)8(2)3/h8-12H,5-7H2,1-4H3. The van der Waals surface area contributed by atoms with Gasteiger partial charge in [-0.25, -0.2) is 0 Å². The highest BCUT2D eigenvalue weighted by Gasteiger charge is 2.13. The van der Waals surface area contributed by atoms with E-state index in [1.165, 1.54) is 0 Å². The van der Waals surface area contributed by atoms with Crippen LogP contribution in [0.5, 0.6) is 0 Å². The van der Waals surface area contributed by atoms with E-state index < -0.39 is 0 Å². The van der Waals surface area contributed by atoms with Crippen LogP contribution in [0, 0.1) is 5.92 Å². The monoisotopic (exact) mass is 173 g/mol.